The first-order valence-corrected chi connectivity index (χ1v) is 9.92. The summed E-state index contributed by atoms with van der Waals surface area (Å²) in [6, 6.07) is 14.1. The lowest BCUT2D eigenvalue weighted by Crippen LogP contribution is -2.33. The molecule has 154 valence electrons. The highest BCUT2D eigenvalue weighted by atomic mass is 19.1. The monoisotopic (exact) mass is 405 g/mol. The first-order valence-electron chi connectivity index (χ1n) is 9.92. The minimum atomic E-state index is -0.296. The Morgan fingerprint density at radius 3 is 2.63 bits per heavy atom. The molecule has 0 aliphatic carbocycles. The summed E-state index contributed by atoms with van der Waals surface area (Å²) in [7, 11) is 0. The van der Waals surface area contributed by atoms with Crippen molar-refractivity contribution in [1.82, 2.24) is 24.6 Å². The molecule has 7 heteroatoms. The molecule has 0 aliphatic rings. The van der Waals surface area contributed by atoms with Gasteiger partial charge in [0, 0.05) is 23.8 Å². The van der Waals surface area contributed by atoms with Crippen molar-refractivity contribution < 1.29 is 9.18 Å². The third kappa shape index (κ3) is 3.96. The van der Waals surface area contributed by atoms with E-state index in [0.717, 1.165) is 33.7 Å². The average molecular weight is 405 g/mol. The number of fused-ring (bicyclic) bond motifs is 1. The summed E-state index contributed by atoms with van der Waals surface area (Å²) >= 11 is 0. The zero-order chi connectivity index (χ0) is 21.3. The number of pyridine rings is 1. The molecule has 0 aliphatic heterocycles. The number of amides is 1. The molecule has 1 N–H and O–H groups in total. The molecule has 4 rings (SSSR count). The predicted molar refractivity (Wildman–Crippen MR) is 115 cm³/mol. The van der Waals surface area contributed by atoms with Crippen LogP contribution in [-0.2, 0) is 11.3 Å². The van der Waals surface area contributed by atoms with Gasteiger partial charge in [-0.25, -0.2) is 9.37 Å². The highest BCUT2D eigenvalue weighted by Crippen LogP contribution is 2.27. The smallest absolute Gasteiger partial charge is 0.240 e. The van der Waals surface area contributed by atoms with Crippen LogP contribution in [0.5, 0.6) is 0 Å². The number of rotatable bonds is 6. The van der Waals surface area contributed by atoms with E-state index in [-0.39, 0.29) is 24.3 Å². The minimum absolute atomic E-state index is 0.0405. The van der Waals surface area contributed by atoms with Gasteiger partial charge in [-0.2, -0.15) is 5.10 Å². The summed E-state index contributed by atoms with van der Waals surface area (Å²) in [5, 5.41) is 8.42. The lowest BCUT2D eigenvalue weighted by atomic mass is 10.1. The van der Waals surface area contributed by atoms with Crippen molar-refractivity contribution in [3.8, 4) is 11.3 Å². The van der Waals surface area contributed by atoms with Gasteiger partial charge in [0.05, 0.1) is 17.4 Å². The van der Waals surface area contributed by atoms with Crippen molar-refractivity contribution in [2.75, 3.05) is 6.54 Å². The number of aromatic nitrogens is 4. The van der Waals surface area contributed by atoms with Gasteiger partial charge in [0.15, 0.2) is 0 Å². The van der Waals surface area contributed by atoms with Crippen molar-refractivity contribution >= 4 is 16.9 Å². The highest BCUT2D eigenvalue weighted by molar-refractivity contribution is 5.87. The Kier molecular flexibility index (Phi) is 5.35. The Labute approximate surface area is 174 Å². The number of nitrogens with one attached hydrogen (secondary N) is 1. The Bertz CT molecular complexity index is 1190. The summed E-state index contributed by atoms with van der Waals surface area (Å²) in [4.78, 5) is 17.2. The van der Waals surface area contributed by atoms with E-state index in [2.05, 4.69) is 15.4 Å². The van der Waals surface area contributed by atoms with Crippen LogP contribution in [-0.4, -0.2) is 31.8 Å². The second kappa shape index (κ2) is 8.10. The number of hydrogen-bond acceptors (Lipinski definition) is 3. The zero-order valence-electron chi connectivity index (χ0n) is 17.3. The fourth-order valence-corrected chi connectivity index (χ4v) is 3.75. The van der Waals surface area contributed by atoms with Crippen LogP contribution in [0.15, 0.2) is 54.7 Å². The number of carbonyl (C=O) groups is 1. The molecule has 0 radical (unpaired) electrons. The first kappa shape index (κ1) is 19.8. The first-order chi connectivity index (χ1) is 14.4. The van der Waals surface area contributed by atoms with Crippen LogP contribution in [0.25, 0.3) is 22.3 Å². The number of aryl methyl sites for hydroxylation is 2. The lowest BCUT2D eigenvalue weighted by Gasteiger charge is -2.16. The van der Waals surface area contributed by atoms with Crippen LogP contribution in [0, 0.1) is 19.7 Å². The van der Waals surface area contributed by atoms with Gasteiger partial charge >= 0.3 is 0 Å². The van der Waals surface area contributed by atoms with Crippen LogP contribution in [0.4, 0.5) is 4.39 Å². The Morgan fingerprint density at radius 2 is 1.93 bits per heavy atom. The topological polar surface area (TPSA) is 64.7 Å². The van der Waals surface area contributed by atoms with Crippen molar-refractivity contribution in [2.24, 2.45) is 0 Å². The Balaban J connectivity index is 1.55. The molecule has 0 saturated heterocycles. The zero-order valence-corrected chi connectivity index (χ0v) is 17.3. The molecule has 0 fully saturated rings. The second-order valence-electron chi connectivity index (χ2n) is 7.56. The predicted octanol–water partition coefficient (Wildman–Crippen LogP) is 4.03. The van der Waals surface area contributed by atoms with Crippen LogP contribution in [0.2, 0.25) is 0 Å². The molecule has 0 spiro atoms. The lowest BCUT2D eigenvalue weighted by molar-refractivity contribution is -0.121. The largest absolute Gasteiger partial charge is 0.352 e. The normalized spacial score (nSPS) is 12.3. The van der Waals surface area contributed by atoms with Crippen LogP contribution in [0.1, 0.15) is 24.4 Å². The molecule has 0 unspecified atom stereocenters. The molecule has 30 heavy (non-hydrogen) atoms. The van der Waals surface area contributed by atoms with Crippen LogP contribution < -0.4 is 5.32 Å². The van der Waals surface area contributed by atoms with Crippen molar-refractivity contribution in [1.29, 1.82) is 0 Å². The summed E-state index contributed by atoms with van der Waals surface area (Å²) in [5.41, 5.74) is 4.40. The van der Waals surface area contributed by atoms with Gasteiger partial charge in [0.1, 0.15) is 18.0 Å². The van der Waals surface area contributed by atoms with Crippen molar-refractivity contribution in [3.05, 3.63) is 71.9 Å². The highest BCUT2D eigenvalue weighted by Gasteiger charge is 2.16. The molecule has 0 saturated carbocycles. The second-order valence-corrected chi connectivity index (χ2v) is 7.56. The fraction of sp³-hybridized carbons (Fsp3) is 0.261. The molecule has 6 nitrogen and oxygen atoms in total. The standard InChI is InChI=1S/C23H24FN5O/c1-15-11-16(2)29(27-15)17(3)13-26-22(30)14-28-21(18-6-8-20(24)9-7-18)12-19-5-4-10-25-23(19)28/h4-12,17H,13-14H2,1-3H3,(H,26,30)/t17-/m0/s1. The number of halogens is 1. The third-order valence-electron chi connectivity index (χ3n) is 5.15. The van der Waals surface area contributed by atoms with E-state index < -0.39 is 0 Å². The van der Waals surface area contributed by atoms with Gasteiger partial charge in [-0.05, 0) is 74.9 Å². The van der Waals surface area contributed by atoms with E-state index in [0.29, 0.717) is 6.54 Å². The maximum Gasteiger partial charge on any atom is 0.240 e. The molecule has 1 aromatic carbocycles. The molecule has 4 aromatic rings. The van der Waals surface area contributed by atoms with Gasteiger partial charge in [-0.1, -0.05) is 0 Å². The van der Waals surface area contributed by atoms with E-state index in [4.69, 9.17) is 0 Å². The van der Waals surface area contributed by atoms with Crippen molar-refractivity contribution in [3.63, 3.8) is 0 Å². The molecule has 1 atom stereocenters. The van der Waals surface area contributed by atoms with Gasteiger partial charge in [-0.3, -0.25) is 9.48 Å². The number of hydrogen-bond donors (Lipinski definition) is 1. The van der Waals surface area contributed by atoms with Gasteiger partial charge in [-0.15, -0.1) is 0 Å². The summed E-state index contributed by atoms with van der Waals surface area (Å²) in [6.45, 7) is 6.58. The van der Waals surface area contributed by atoms with Gasteiger partial charge in [0.2, 0.25) is 5.91 Å². The number of benzene rings is 1. The summed E-state index contributed by atoms with van der Waals surface area (Å²) < 4.78 is 17.2. The van der Waals surface area contributed by atoms with E-state index in [1.54, 1.807) is 18.3 Å². The SMILES string of the molecule is Cc1cc(C)n([C@@H](C)CNC(=O)Cn2c(-c3ccc(F)cc3)cc3cccnc32)n1. The average Bonchev–Trinajstić information content (AvgIpc) is 3.26. The van der Waals surface area contributed by atoms with E-state index >= 15 is 0 Å². The molecular formula is C23H24FN5O. The summed E-state index contributed by atoms with van der Waals surface area (Å²) in [5.74, 6) is -0.412. The molecule has 0 bridgehead atoms. The molecule has 1 amide bonds. The molecule has 3 aromatic heterocycles. The molecule has 3 heterocycles. The minimum Gasteiger partial charge on any atom is -0.352 e. The van der Waals surface area contributed by atoms with E-state index in [1.165, 1.54) is 12.1 Å². The maximum absolute atomic E-state index is 13.4. The Hall–Kier alpha value is -3.48. The van der Waals surface area contributed by atoms with Gasteiger partial charge in [0.25, 0.3) is 0 Å². The van der Waals surface area contributed by atoms with Crippen molar-refractivity contribution in [2.45, 2.75) is 33.4 Å². The fourth-order valence-electron chi connectivity index (χ4n) is 3.75. The number of nitrogens with zero attached hydrogens (tertiary/aromatic N) is 4. The summed E-state index contributed by atoms with van der Waals surface area (Å²) in [6.07, 6.45) is 1.70. The van der Waals surface area contributed by atoms with E-state index in [1.807, 2.05) is 54.3 Å². The quantitative estimate of drug-likeness (QED) is 0.527. The number of carbonyl (C=O) groups excluding carboxylic acids is 1. The van der Waals surface area contributed by atoms with Gasteiger partial charge < -0.3 is 9.88 Å². The Morgan fingerprint density at radius 1 is 1.17 bits per heavy atom. The molecular weight excluding hydrogens is 381 g/mol. The third-order valence-corrected chi connectivity index (χ3v) is 5.15. The van der Waals surface area contributed by atoms with Crippen LogP contribution in [0.3, 0.4) is 0 Å². The maximum atomic E-state index is 13.4. The van der Waals surface area contributed by atoms with Crippen LogP contribution >= 0.6 is 0 Å². The van der Waals surface area contributed by atoms with E-state index in [9.17, 15) is 9.18 Å².